The highest BCUT2D eigenvalue weighted by molar-refractivity contribution is 6.05. The van der Waals surface area contributed by atoms with E-state index in [1.165, 1.54) is 6.20 Å². The predicted octanol–water partition coefficient (Wildman–Crippen LogP) is 2.19. The van der Waals surface area contributed by atoms with Gasteiger partial charge in [0.2, 0.25) is 0 Å². The number of carbonyl (C=O) groups is 1. The molecule has 2 heterocycles. The van der Waals surface area contributed by atoms with Crippen LogP contribution in [0.3, 0.4) is 0 Å². The number of rotatable bonds is 2. The third-order valence-electron chi connectivity index (χ3n) is 3.94. The molecule has 0 bridgehead atoms. The molecule has 0 unspecified atom stereocenters. The average molecular weight is 325 g/mol. The van der Waals surface area contributed by atoms with Crippen molar-refractivity contribution in [3.8, 4) is 0 Å². The summed E-state index contributed by atoms with van der Waals surface area (Å²) in [6.07, 6.45) is 2.13. The second-order valence-electron chi connectivity index (χ2n) is 5.21. The lowest BCUT2D eigenvalue weighted by Gasteiger charge is -2.19. The Kier molecular flexibility index (Phi) is 4.83. The Bertz CT molecular complexity index is 714. The first kappa shape index (κ1) is 16.5. The minimum absolute atomic E-state index is 0. The molecule has 2 aromatic rings. The van der Waals surface area contributed by atoms with Gasteiger partial charge < -0.3 is 10.6 Å². The Labute approximate surface area is 134 Å². The van der Waals surface area contributed by atoms with Gasteiger partial charge in [0.05, 0.1) is 17.4 Å². The van der Waals surface area contributed by atoms with Crippen molar-refractivity contribution < 1.29 is 9.18 Å². The van der Waals surface area contributed by atoms with Crippen molar-refractivity contribution in [2.75, 3.05) is 11.9 Å². The van der Waals surface area contributed by atoms with Crippen molar-refractivity contribution in [1.29, 1.82) is 0 Å². The fourth-order valence-electron chi connectivity index (χ4n) is 2.54. The molecule has 0 spiro atoms. The van der Waals surface area contributed by atoms with Crippen LogP contribution in [-0.4, -0.2) is 22.2 Å². The summed E-state index contributed by atoms with van der Waals surface area (Å²) < 4.78 is 16.1. The molecule has 7 heteroatoms. The highest BCUT2D eigenvalue weighted by Crippen LogP contribution is 2.25. The largest absolute Gasteiger partial charge is 0.319 e. The Morgan fingerprint density at radius 1 is 1.45 bits per heavy atom. The topological polar surface area (TPSA) is 59.0 Å². The van der Waals surface area contributed by atoms with Crippen LogP contribution in [0.15, 0.2) is 18.3 Å². The van der Waals surface area contributed by atoms with Gasteiger partial charge in [-0.1, -0.05) is 6.07 Å². The first-order chi connectivity index (χ1) is 10.1. The normalized spacial score (nSPS) is 13.2. The van der Waals surface area contributed by atoms with Crippen LogP contribution >= 0.6 is 12.4 Å². The molecule has 0 fully saturated rings. The van der Waals surface area contributed by atoms with Gasteiger partial charge in [-0.2, -0.15) is 5.10 Å². The Hall–Kier alpha value is -1.92. The molecule has 1 aliphatic rings. The van der Waals surface area contributed by atoms with Gasteiger partial charge in [-0.05, 0) is 37.1 Å². The predicted molar refractivity (Wildman–Crippen MR) is 85.0 cm³/mol. The van der Waals surface area contributed by atoms with Crippen molar-refractivity contribution in [1.82, 2.24) is 15.1 Å². The van der Waals surface area contributed by atoms with Gasteiger partial charge in [0.15, 0.2) is 0 Å². The van der Waals surface area contributed by atoms with E-state index in [2.05, 4.69) is 15.7 Å². The fraction of sp³-hybridized carbons (Fsp3) is 0.333. The molecule has 0 saturated heterocycles. The summed E-state index contributed by atoms with van der Waals surface area (Å²) in [6.45, 7) is 3.22. The summed E-state index contributed by atoms with van der Waals surface area (Å²) in [4.78, 5) is 12.2. The quantitative estimate of drug-likeness (QED) is 0.890. The summed E-state index contributed by atoms with van der Waals surface area (Å²) in [5, 5.41) is 9.87. The lowest BCUT2D eigenvalue weighted by atomic mass is 9.99. The monoisotopic (exact) mass is 324 g/mol. The molecule has 5 nitrogen and oxygen atoms in total. The van der Waals surface area contributed by atoms with Gasteiger partial charge in [-0.25, -0.2) is 4.39 Å². The number of aryl methyl sites for hydroxylation is 1. The standard InChI is InChI=1S/C15H17FN4O.ClH/c1-9-12(8-18-20(9)2)15(21)19-13-4-3-10-7-17-6-5-11(10)14(13)16;/h3-4,8,17H,5-7H2,1-2H3,(H,19,21);1H. The van der Waals surface area contributed by atoms with Gasteiger partial charge in [-0.15, -0.1) is 12.4 Å². The number of amides is 1. The number of hydrogen-bond donors (Lipinski definition) is 2. The molecular formula is C15H18ClFN4O. The van der Waals surface area contributed by atoms with Gasteiger partial charge in [-0.3, -0.25) is 9.48 Å². The molecule has 0 aliphatic carbocycles. The first-order valence-corrected chi connectivity index (χ1v) is 6.89. The molecule has 118 valence electrons. The molecule has 1 aliphatic heterocycles. The number of halogens is 2. The Morgan fingerprint density at radius 2 is 2.23 bits per heavy atom. The summed E-state index contributed by atoms with van der Waals surface area (Å²) in [6, 6.07) is 3.47. The van der Waals surface area contributed by atoms with E-state index in [1.807, 2.05) is 6.07 Å². The lowest BCUT2D eigenvalue weighted by molar-refractivity contribution is 0.102. The molecule has 22 heavy (non-hydrogen) atoms. The molecule has 2 N–H and O–H groups in total. The second-order valence-corrected chi connectivity index (χ2v) is 5.21. The number of carbonyl (C=O) groups excluding carboxylic acids is 1. The van der Waals surface area contributed by atoms with E-state index >= 15 is 0 Å². The van der Waals surface area contributed by atoms with E-state index in [1.54, 1.807) is 24.7 Å². The number of aromatic nitrogens is 2. The fourth-order valence-corrected chi connectivity index (χ4v) is 2.54. The number of anilines is 1. The number of nitrogens with one attached hydrogen (secondary N) is 2. The molecule has 1 aromatic heterocycles. The van der Waals surface area contributed by atoms with Crippen LogP contribution in [-0.2, 0) is 20.0 Å². The van der Waals surface area contributed by atoms with Gasteiger partial charge in [0, 0.05) is 19.3 Å². The van der Waals surface area contributed by atoms with E-state index in [0.717, 1.165) is 17.8 Å². The smallest absolute Gasteiger partial charge is 0.259 e. The SMILES string of the molecule is Cc1c(C(=O)Nc2ccc3c(c2F)CCNC3)cnn1C.Cl. The highest BCUT2D eigenvalue weighted by Gasteiger charge is 2.19. The van der Waals surface area contributed by atoms with Crippen LogP contribution < -0.4 is 10.6 Å². The third kappa shape index (κ3) is 2.84. The summed E-state index contributed by atoms with van der Waals surface area (Å²) in [5.41, 5.74) is 3.07. The van der Waals surface area contributed by atoms with Crippen molar-refractivity contribution in [2.45, 2.75) is 19.9 Å². The van der Waals surface area contributed by atoms with E-state index in [0.29, 0.717) is 24.1 Å². The van der Waals surface area contributed by atoms with Gasteiger partial charge in [0.25, 0.3) is 5.91 Å². The van der Waals surface area contributed by atoms with Crippen molar-refractivity contribution in [3.63, 3.8) is 0 Å². The van der Waals surface area contributed by atoms with Crippen LogP contribution in [0, 0.1) is 12.7 Å². The molecule has 0 saturated carbocycles. The van der Waals surface area contributed by atoms with E-state index in [-0.39, 0.29) is 29.8 Å². The van der Waals surface area contributed by atoms with Crippen LogP contribution in [0.25, 0.3) is 0 Å². The van der Waals surface area contributed by atoms with Gasteiger partial charge >= 0.3 is 0 Å². The number of fused-ring (bicyclic) bond motifs is 1. The first-order valence-electron chi connectivity index (χ1n) is 6.89. The van der Waals surface area contributed by atoms with Crippen molar-refractivity contribution >= 4 is 24.0 Å². The molecule has 1 aromatic carbocycles. The third-order valence-corrected chi connectivity index (χ3v) is 3.94. The molecule has 3 rings (SSSR count). The summed E-state index contributed by atoms with van der Waals surface area (Å²) in [7, 11) is 1.76. The maximum Gasteiger partial charge on any atom is 0.259 e. The minimum Gasteiger partial charge on any atom is -0.319 e. The second kappa shape index (κ2) is 6.46. The molecule has 0 radical (unpaired) electrons. The zero-order valence-corrected chi connectivity index (χ0v) is 13.3. The lowest BCUT2D eigenvalue weighted by Crippen LogP contribution is -2.25. The number of nitrogens with zero attached hydrogens (tertiary/aromatic N) is 2. The van der Waals surface area contributed by atoms with E-state index < -0.39 is 0 Å². The van der Waals surface area contributed by atoms with Crippen LogP contribution in [0.4, 0.5) is 10.1 Å². The van der Waals surface area contributed by atoms with Crippen molar-refractivity contribution in [3.05, 3.63) is 46.5 Å². The number of benzene rings is 1. The Morgan fingerprint density at radius 3 is 2.91 bits per heavy atom. The van der Waals surface area contributed by atoms with Crippen LogP contribution in [0.2, 0.25) is 0 Å². The zero-order chi connectivity index (χ0) is 15.0. The van der Waals surface area contributed by atoms with Gasteiger partial charge in [0.1, 0.15) is 5.82 Å². The van der Waals surface area contributed by atoms with Crippen LogP contribution in [0.5, 0.6) is 0 Å². The van der Waals surface area contributed by atoms with Crippen molar-refractivity contribution in [2.24, 2.45) is 7.05 Å². The molecular weight excluding hydrogens is 307 g/mol. The minimum atomic E-state index is -0.339. The van der Waals surface area contributed by atoms with E-state index in [9.17, 15) is 9.18 Å². The summed E-state index contributed by atoms with van der Waals surface area (Å²) in [5.74, 6) is -0.669. The summed E-state index contributed by atoms with van der Waals surface area (Å²) >= 11 is 0. The van der Waals surface area contributed by atoms with Crippen LogP contribution in [0.1, 0.15) is 27.2 Å². The maximum atomic E-state index is 14.5. The molecule has 1 amide bonds. The van der Waals surface area contributed by atoms with E-state index in [4.69, 9.17) is 0 Å². The number of hydrogen-bond acceptors (Lipinski definition) is 3. The average Bonchev–Trinajstić information content (AvgIpc) is 2.82. The zero-order valence-electron chi connectivity index (χ0n) is 12.4. The highest BCUT2D eigenvalue weighted by atomic mass is 35.5. The Balaban J connectivity index is 0.00000176. The maximum absolute atomic E-state index is 14.5. The molecule has 0 atom stereocenters.